The smallest absolute Gasteiger partial charge is 0.339 e. The van der Waals surface area contributed by atoms with Gasteiger partial charge in [-0.05, 0) is 36.2 Å². The van der Waals surface area contributed by atoms with E-state index in [0.717, 1.165) is 5.56 Å². The Kier molecular flexibility index (Phi) is 4.67. The molecule has 0 radical (unpaired) electrons. The number of aliphatic hydroxyl groups is 1. The summed E-state index contributed by atoms with van der Waals surface area (Å²) in [6.45, 7) is 0.0627. The van der Waals surface area contributed by atoms with Crippen LogP contribution in [0.4, 0.5) is 5.69 Å². The number of rotatable bonds is 5. The number of hydrogen-bond acceptors (Lipinski definition) is 4. The number of ether oxygens (including phenoxy) is 1. The average molecular weight is 308 g/mol. The van der Waals surface area contributed by atoms with Gasteiger partial charge >= 0.3 is 5.97 Å². The van der Waals surface area contributed by atoms with Crippen molar-refractivity contribution in [2.75, 3.05) is 12.3 Å². The largest absolute Gasteiger partial charge is 0.478 e. The molecule has 4 N–H and O–H groups in total. The Labute approximate surface area is 126 Å². The van der Waals surface area contributed by atoms with Gasteiger partial charge in [0.1, 0.15) is 11.3 Å². The molecule has 0 aromatic heterocycles. The van der Waals surface area contributed by atoms with Gasteiger partial charge in [0.05, 0.1) is 5.02 Å². The highest BCUT2D eigenvalue weighted by Gasteiger charge is 2.17. The standard InChI is InChI=1S/C15H14ClNO4/c16-13-8-10(17)7-12(15(19)20)14(13)21-11-3-1-9(2-4-11)5-6-18/h1-4,7-8,18H,5-6,17H2,(H,19,20). The minimum absolute atomic E-state index is 0.0493. The fraction of sp³-hybridized carbons (Fsp3) is 0.133. The number of aliphatic hydroxyl groups excluding tert-OH is 1. The van der Waals surface area contributed by atoms with Crippen LogP contribution in [0.25, 0.3) is 0 Å². The Balaban J connectivity index is 2.32. The number of carboxylic acid groups (broad SMARTS) is 1. The van der Waals surface area contributed by atoms with E-state index in [1.807, 2.05) is 0 Å². The first kappa shape index (κ1) is 15.2. The number of halogens is 1. The summed E-state index contributed by atoms with van der Waals surface area (Å²) in [5, 5.41) is 18.2. The van der Waals surface area contributed by atoms with Crippen molar-refractivity contribution in [1.82, 2.24) is 0 Å². The second-order valence-electron chi connectivity index (χ2n) is 4.40. The van der Waals surface area contributed by atoms with E-state index in [1.165, 1.54) is 12.1 Å². The molecule has 0 aliphatic rings. The third-order valence-electron chi connectivity index (χ3n) is 2.84. The van der Waals surface area contributed by atoms with Crippen LogP contribution >= 0.6 is 11.6 Å². The van der Waals surface area contributed by atoms with Crippen LogP contribution in [0.15, 0.2) is 36.4 Å². The fourth-order valence-corrected chi connectivity index (χ4v) is 2.11. The number of nitrogens with two attached hydrogens (primary N) is 1. The normalized spacial score (nSPS) is 10.4. The van der Waals surface area contributed by atoms with E-state index in [-0.39, 0.29) is 28.6 Å². The first-order chi connectivity index (χ1) is 10.0. The molecule has 0 atom stereocenters. The van der Waals surface area contributed by atoms with Crippen LogP contribution in [0, 0.1) is 0 Å². The van der Waals surface area contributed by atoms with Gasteiger partial charge in [-0.3, -0.25) is 0 Å². The molecule has 2 rings (SSSR count). The molecular weight excluding hydrogens is 294 g/mol. The Morgan fingerprint density at radius 1 is 1.24 bits per heavy atom. The topological polar surface area (TPSA) is 92.8 Å². The highest BCUT2D eigenvalue weighted by Crippen LogP contribution is 2.35. The minimum Gasteiger partial charge on any atom is -0.478 e. The van der Waals surface area contributed by atoms with Gasteiger partial charge in [-0.15, -0.1) is 0 Å². The lowest BCUT2D eigenvalue weighted by atomic mass is 10.1. The number of carboxylic acids is 1. The van der Waals surface area contributed by atoms with Crippen molar-refractivity contribution in [1.29, 1.82) is 0 Å². The summed E-state index contributed by atoms with van der Waals surface area (Å²) in [5.41, 5.74) is 6.69. The number of benzene rings is 2. The van der Waals surface area contributed by atoms with Crippen LogP contribution in [0.2, 0.25) is 5.02 Å². The van der Waals surface area contributed by atoms with Crippen LogP contribution in [0.1, 0.15) is 15.9 Å². The van der Waals surface area contributed by atoms with E-state index in [0.29, 0.717) is 12.2 Å². The Morgan fingerprint density at radius 3 is 2.48 bits per heavy atom. The molecule has 2 aromatic carbocycles. The van der Waals surface area contributed by atoms with E-state index in [1.54, 1.807) is 24.3 Å². The molecule has 0 amide bonds. The van der Waals surface area contributed by atoms with Crippen LogP contribution in [-0.2, 0) is 6.42 Å². The predicted octanol–water partition coefficient (Wildman–Crippen LogP) is 2.95. The first-order valence-electron chi connectivity index (χ1n) is 6.21. The van der Waals surface area contributed by atoms with Crippen molar-refractivity contribution in [3.05, 3.63) is 52.5 Å². The zero-order chi connectivity index (χ0) is 15.4. The quantitative estimate of drug-likeness (QED) is 0.738. The number of nitrogen functional groups attached to an aromatic ring is 1. The highest BCUT2D eigenvalue weighted by atomic mass is 35.5. The molecule has 0 aliphatic heterocycles. The molecule has 6 heteroatoms. The van der Waals surface area contributed by atoms with Gasteiger partial charge < -0.3 is 20.7 Å². The van der Waals surface area contributed by atoms with Crippen molar-refractivity contribution >= 4 is 23.3 Å². The van der Waals surface area contributed by atoms with E-state index in [4.69, 9.17) is 27.2 Å². The Bertz CT molecular complexity index is 655. The zero-order valence-electron chi connectivity index (χ0n) is 11.0. The van der Waals surface area contributed by atoms with Gasteiger partial charge in [0, 0.05) is 12.3 Å². The number of aromatic carboxylic acids is 1. The maximum Gasteiger partial charge on any atom is 0.339 e. The number of carbonyl (C=O) groups is 1. The lowest BCUT2D eigenvalue weighted by molar-refractivity contribution is 0.0694. The molecule has 21 heavy (non-hydrogen) atoms. The van der Waals surface area contributed by atoms with Crippen LogP contribution in [-0.4, -0.2) is 22.8 Å². The Hall–Kier alpha value is -2.24. The molecule has 0 heterocycles. The lowest BCUT2D eigenvalue weighted by Crippen LogP contribution is -2.02. The summed E-state index contributed by atoms with van der Waals surface area (Å²) < 4.78 is 5.56. The molecule has 0 spiro atoms. The van der Waals surface area contributed by atoms with Crippen molar-refractivity contribution in [3.63, 3.8) is 0 Å². The van der Waals surface area contributed by atoms with Gasteiger partial charge in [-0.2, -0.15) is 0 Å². The molecule has 0 bridgehead atoms. The molecule has 2 aromatic rings. The summed E-state index contributed by atoms with van der Waals surface area (Å²) in [6.07, 6.45) is 0.545. The third-order valence-corrected chi connectivity index (χ3v) is 3.12. The first-order valence-corrected chi connectivity index (χ1v) is 6.59. The van der Waals surface area contributed by atoms with E-state index in [9.17, 15) is 9.90 Å². The van der Waals surface area contributed by atoms with Crippen molar-refractivity contribution in [2.45, 2.75) is 6.42 Å². The summed E-state index contributed by atoms with van der Waals surface area (Å²) in [6, 6.07) is 9.67. The molecule has 0 saturated carbocycles. The Morgan fingerprint density at radius 2 is 1.90 bits per heavy atom. The van der Waals surface area contributed by atoms with Gasteiger partial charge in [-0.1, -0.05) is 23.7 Å². The number of hydrogen-bond donors (Lipinski definition) is 3. The molecule has 0 fully saturated rings. The van der Waals surface area contributed by atoms with Gasteiger partial charge in [0.2, 0.25) is 0 Å². The van der Waals surface area contributed by atoms with Crippen molar-refractivity contribution in [3.8, 4) is 11.5 Å². The molecule has 5 nitrogen and oxygen atoms in total. The summed E-state index contributed by atoms with van der Waals surface area (Å²) in [7, 11) is 0. The van der Waals surface area contributed by atoms with E-state index in [2.05, 4.69) is 0 Å². The summed E-state index contributed by atoms with van der Waals surface area (Å²) in [4.78, 5) is 11.2. The maximum absolute atomic E-state index is 11.2. The van der Waals surface area contributed by atoms with Gasteiger partial charge in [-0.25, -0.2) is 4.79 Å². The van der Waals surface area contributed by atoms with Crippen LogP contribution < -0.4 is 10.5 Å². The zero-order valence-corrected chi connectivity index (χ0v) is 11.8. The second-order valence-corrected chi connectivity index (χ2v) is 4.81. The second kappa shape index (κ2) is 6.47. The molecule has 0 aliphatic carbocycles. The molecular formula is C15H14ClNO4. The van der Waals surface area contributed by atoms with Crippen molar-refractivity contribution < 1.29 is 19.7 Å². The van der Waals surface area contributed by atoms with Gasteiger partial charge in [0.25, 0.3) is 0 Å². The minimum atomic E-state index is -1.17. The third kappa shape index (κ3) is 3.65. The summed E-state index contributed by atoms with van der Waals surface area (Å²) >= 11 is 6.01. The SMILES string of the molecule is Nc1cc(Cl)c(Oc2ccc(CCO)cc2)c(C(=O)O)c1. The number of anilines is 1. The monoisotopic (exact) mass is 307 g/mol. The van der Waals surface area contributed by atoms with Gasteiger partial charge in [0.15, 0.2) is 5.75 Å². The maximum atomic E-state index is 11.2. The predicted molar refractivity (Wildman–Crippen MR) is 80.1 cm³/mol. The van der Waals surface area contributed by atoms with Crippen LogP contribution in [0.3, 0.4) is 0 Å². The van der Waals surface area contributed by atoms with E-state index >= 15 is 0 Å². The molecule has 0 saturated heterocycles. The highest BCUT2D eigenvalue weighted by molar-refractivity contribution is 6.33. The summed E-state index contributed by atoms with van der Waals surface area (Å²) in [5.74, 6) is -0.671. The molecule has 110 valence electrons. The molecule has 0 unspecified atom stereocenters. The van der Waals surface area contributed by atoms with Crippen molar-refractivity contribution in [2.24, 2.45) is 0 Å². The fourth-order valence-electron chi connectivity index (χ4n) is 1.85. The lowest BCUT2D eigenvalue weighted by Gasteiger charge is -2.12. The average Bonchev–Trinajstić information content (AvgIpc) is 2.43. The van der Waals surface area contributed by atoms with E-state index < -0.39 is 5.97 Å². The van der Waals surface area contributed by atoms with Crippen LogP contribution in [0.5, 0.6) is 11.5 Å².